The number of aromatic nitrogens is 1. The van der Waals surface area contributed by atoms with Gasteiger partial charge in [0.15, 0.2) is 0 Å². The number of nitrogens with one attached hydrogen (secondary N) is 1. The van der Waals surface area contributed by atoms with Crippen molar-refractivity contribution < 1.29 is 14.3 Å². The van der Waals surface area contributed by atoms with Crippen LogP contribution in [0.5, 0.6) is 0 Å². The zero-order valence-corrected chi connectivity index (χ0v) is 12.0. The van der Waals surface area contributed by atoms with Crippen LogP contribution in [0, 0.1) is 11.8 Å². The molecule has 1 aromatic heterocycles. The Morgan fingerprint density at radius 2 is 2.52 bits per heavy atom. The second kappa shape index (κ2) is 7.18. The van der Waals surface area contributed by atoms with Gasteiger partial charge in [0.1, 0.15) is 5.60 Å². The van der Waals surface area contributed by atoms with Crippen LogP contribution in [-0.2, 0) is 9.47 Å². The van der Waals surface area contributed by atoms with E-state index < -0.39 is 5.60 Å². The maximum Gasteiger partial charge on any atom is 0.252 e. The normalized spacial score (nSPS) is 20.7. The molecule has 0 bridgehead atoms. The minimum atomic E-state index is -0.439. The van der Waals surface area contributed by atoms with E-state index in [9.17, 15) is 4.79 Å². The fourth-order valence-electron chi connectivity index (χ4n) is 2.14. The summed E-state index contributed by atoms with van der Waals surface area (Å²) in [7, 11) is 1.63. The van der Waals surface area contributed by atoms with E-state index in [1.807, 2.05) is 0 Å². The Morgan fingerprint density at radius 1 is 1.67 bits per heavy atom. The standard InChI is InChI=1S/C15H19N3O3/c1-20-15(5-8-21-11-15)10-18-14(19)13-4-7-17-9-12(13)3-2-6-16/h4,7,9H,5-6,8,10-11,16H2,1H3,(H,18,19). The summed E-state index contributed by atoms with van der Waals surface area (Å²) in [6.07, 6.45) is 3.88. The summed E-state index contributed by atoms with van der Waals surface area (Å²) in [6, 6.07) is 1.64. The van der Waals surface area contributed by atoms with E-state index in [0.29, 0.717) is 30.9 Å². The first kappa shape index (κ1) is 15.4. The van der Waals surface area contributed by atoms with Gasteiger partial charge in [0, 0.05) is 39.1 Å². The summed E-state index contributed by atoms with van der Waals surface area (Å²) in [5.41, 5.74) is 5.96. The van der Waals surface area contributed by atoms with Crippen molar-refractivity contribution in [2.24, 2.45) is 5.73 Å². The molecule has 1 fully saturated rings. The zero-order valence-electron chi connectivity index (χ0n) is 12.0. The van der Waals surface area contributed by atoms with Gasteiger partial charge in [-0.15, -0.1) is 0 Å². The lowest BCUT2D eigenvalue weighted by Crippen LogP contribution is -2.45. The Balaban J connectivity index is 2.07. The van der Waals surface area contributed by atoms with Crippen molar-refractivity contribution in [2.45, 2.75) is 12.0 Å². The second-order valence-corrected chi connectivity index (χ2v) is 4.80. The first-order valence-corrected chi connectivity index (χ1v) is 6.75. The molecule has 21 heavy (non-hydrogen) atoms. The number of nitrogens with two attached hydrogens (primary N) is 1. The highest BCUT2D eigenvalue weighted by atomic mass is 16.5. The summed E-state index contributed by atoms with van der Waals surface area (Å²) in [6.45, 7) is 1.76. The molecule has 0 radical (unpaired) electrons. The van der Waals surface area contributed by atoms with Gasteiger partial charge in [-0.2, -0.15) is 0 Å². The van der Waals surface area contributed by atoms with E-state index in [-0.39, 0.29) is 12.5 Å². The molecule has 1 saturated heterocycles. The van der Waals surface area contributed by atoms with Gasteiger partial charge >= 0.3 is 0 Å². The average molecular weight is 289 g/mol. The number of rotatable bonds is 4. The molecule has 1 aliphatic heterocycles. The fraction of sp³-hybridized carbons (Fsp3) is 0.467. The Bertz CT molecular complexity index is 557. The Labute approximate surface area is 124 Å². The lowest BCUT2D eigenvalue weighted by molar-refractivity contribution is -0.0148. The van der Waals surface area contributed by atoms with Crippen molar-refractivity contribution in [1.29, 1.82) is 0 Å². The van der Waals surface area contributed by atoms with Gasteiger partial charge in [0.25, 0.3) is 5.91 Å². The average Bonchev–Trinajstić information content (AvgIpc) is 3.00. The molecule has 3 N–H and O–H groups in total. The quantitative estimate of drug-likeness (QED) is 0.758. The number of carbonyl (C=O) groups is 1. The molecular formula is C15H19N3O3. The number of nitrogens with zero attached hydrogens (tertiary/aromatic N) is 1. The zero-order chi connectivity index (χ0) is 15.1. The third-order valence-corrected chi connectivity index (χ3v) is 3.46. The van der Waals surface area contributed by atoms with Crippen LogP contribution in [0.25, 0.3) is 0 Å². The van der Waals surface area contributed by atoms with Crippen molar-refractivity contribution in [2.75, 3.05) is 33.4 Å². The van der Waals surface area contributed by atoms with Crippen molar-refractivity contribution in [3.05, 3.63) is 29.6 Å². The molecule has 6 nitrogen and oxygen atoms in total. The SMILES string of the molecule is COC1(CNC(=O)c2ccncc2C#CCN)CCOC1. The maximum absolute atomic E-state index is 12.3. The number of carbonyl (C=O) groups excluding carboxylic acids is 1. The van der Waals surface area contributed by atoms with Gasteiger partial charge < -0.3 is 20.5 Å². The fourth-order valence-corrected chi connectivity index (χ4v) is 2.14. The van der Waals surface area contributed by atoms with Crippen LogP contribution in [0.3, 0.4) is 0 Å². The first-order chi connectivity index (χ1) is 10.2. The molecule has 1 aliphatic rings. The lowest BCUT2D eigenvalue weighted by atomic mass is 10.0. The van der Waals surface area contributed by atoms with E-state index in [4.69, 9.17) is 15.2 Å². The summed E-state index contributed by atoms with van der Waals surface area (Å²) in [4.78, 5) is 16.3. The molecular weight excluding hydrogens is 270 g/mol. The van der Waals surface area contributed by atoms with E-state index in [1.165, 1.54) is 0 Å². The van der Waals surface area contributed by atoms with Gasteiger partial charge in [-0.25, -0.2) is 0 Å². The molecule has 0 aromatic carbocycles. The van der Waals surface area contributed by atoms with Gasteiger partial charge in [0.2, 0.25) is 0 Å². The molecule has 2 heterocycles. The molecule has 1 unspecified atom stereocenters. The summed E-state index contributed by atoms with van der Waals surface area (Å²) < 4.78 is 10.8. The van der Waals surface area contributed by atoms with E-state index >= 15 is 0 Å². The first-order valence-electron chi connectivity index (χ1n) is 6.75. The van der Waals surface area contributed by atoms with Gasteiger partial charge in [-0.3, -0.25) is 9.78 Å². The highest BCUT2D eigenvalue weighted by molar-refractivity contribution is 5.96. The van der Waals surface area contributed by atoms with Crippen molar-refractivity contribution in [3.63, 3.8) is 0 Å². The van der Waals surface area contributed by atoms with Gasteiger partial charge in [-0.1, -0.05) is 11.8 Å². The molecule has 1 amide bonds. The molecule has 0 aliphatic carbocycles. The summed E-state index contributed by atoms with van der Waals surface area (Å²) >= 11 is 0. The minimum Gasteiger partial charge on any atom is -0.378 e. The number of pyridine rings is 1. The number of hydrogen-bond donors (Lipinski definition) is 2. The van der Waals surface area contributed by atoms with E-state index in [1.54, 1.807) is 25.6 Å². The van der Waals surface area contributed by atoms with Crippen LogP contribution in [-0.4, -0.2) is 49.9 Å². The van der Waals surface area contributed by atoms with E-state index in [0.717, 1.165) is 6.42 Å². The van der Waals surface area contributed by atoms with Crippen LogP contribution in [0.2, 0.25) is 0 Å². The molecule has 0 saturated carbocycles. The smallest absolute Gasteiger partial charge is 0.252 e. The van der Waals surface area contributed by atoms with Crippen LogP contribution >= 0.6 is 0 Å². The third-order valence-electron chi connectivity index (χ3n) is 3.46. The molecule has 112 valence electrons. The number of ether oxygens (including phenoxy) is 2. The predicted octanol–water partition coefficient (Wildman–Crippen LogP) is -0.0729. The monoisotopic (exact) mass is 289 g/mol. The van der Waals surface area contributed by atoms with Crippen molar-refractivity contribution >= 4 is 5.91 Å². The molecule has 1 atom stereocenters. The van der Waals surface area contributed by atoms with Gasteiger partial charge in [0.05, 0.1) is 24.3 Å². The van der Waals surface area contributed by atoms with E-state index in [2.05, 4.69) is 22.1 Å². The maximum atomic E-state index is 12.3. The molecule has 2 rings (SSSR count). The predicted molar refractivity (Wildman–Crippen MR) is 77.7 cm³/mol. The molecule has 0 spiro atoms. The highest BCUT2D eigenvalue weighted by Crippen LogP contribution is 2.21. The Morgan fingerprint density at radius 3 is 3.19 bits per heavy atom. The summed E-state index contributed by atoms with van der Waals surface area (Å²) in [5.74, 6) is 5.37. The van der Waals surface area contributed by atoms with Crippen molar-refractivity contribution in [3.8, 4) is 11.8 Å². The van der Waals surface area contributed by atoms with Crippen LogP contribution in [0.1, 0.15) is 22.3 Å². The molecule has 1 aromatic rings. The van der Waals surface area contributed by atoms with Crippen LogP contribution < -0.4 is 11.1 Å². The summed E-state index contributed by atoms with van der Waals surface area (Å²) in [5, 5.41) is 2.88. The number of methoxy groups -OCH3 is 1. The third kappa shape index (κ3) is 3.79. The number of hydrogen-bond acceptors (Lipinski definition) is 5. The van der Waals surface area contributed by atoms with Crippen LogP contribution in [0.4, 0.5) is 0 Å². The minimum absolute atomic E-state index is 0.206. The van der Waals surface area contributed by atoms with Crippen molar-refractivity contribution in [1.82, 2.24) is 10.3 Å². The largest absolute Gasteiger partial charge is 0.378 e. The Hall–Kier alpha value is -1.94. The Kier molecular flexibility index (Phi) is 5.28. The molecule has 6 heteroatoms. The van der Waals surface area contributed by atoms with Gasteiger partial charge in [-0.05, 0) is 6.07 Å². The lowest BCUT2D eigenvalue weighted by Gasteiger charge is -2.25. The van der Waals surface area contributed by atoms with Crippen LogP contribution in [0.15, 0.2) is 18.5 Å². The topological polar surface area (TPSA) is 86.5 Å². The number of amides is 1. The highest BCUT2D eigenvalue weighted by Gasteiger charge is 2.35. The second-order valence-electron chi connectivity index (χ2n) is 4.80.